The van der Waals surface area contributed by atoms with E-state index >= 15 is 0 Å². The SMILES string of the molecule is Cc1c[nH]c2ncnc(N3CCC(CN)(C(=O)Nc4cccc(O[C@@H]5COC[C@H]5O)c4)CC3)c12. The van der Waals surface area contributed by atoms with Gasteiger partial charge in [0.1, 0.15) is 35.7 Å². The van der Waals surface area contributed by atoms with Gasteiger partial charge in [-0.3, -0.25) is 4.79 Å². The Bertz CT molecular complexity index is 1170. The summed E-state index contributed by atoms with van der Waals surface area (Å²) in [6.45, 7) is 4.24. The van der Waals surface area contributed by atoms with Crippen molar-refractivity contribution in [2.24, 2.45) is 11.1 Å². The van der Waals surface area contributed by atoms with E-state index in [-0.39, 0.29) is 19.1 Å². The number of fused-ring (bicyclic) bond motifs is 1. The fraction of sp³-hybridized carbons (Fsp3) is 0.458. The van der Waals surface area contributed by atoms with Crippen LogP contribution in [0.15, 0.2) is 36.8 Å². The van der Waals surface area contributed by atoms with E-state index in [9.17, 15) is 9.90 Å². The first-order chi connectivity index (χ1) is 16.5. The molecule has 2 aromatic heterocycles. The molecule has 3 aromatic rings. The quantitative estimate of drug-likeness (QED) is 0.430. The number of carbonyl (C=O) groups excluding carboxylic acids is 1. The van der Waals surface area contributed by atoms with Crippen LogP contribution in [0.3, 0.4) is 0 Å². The molecule has 5 N–H and O–H groups in total. The van der Waals surface area contributed by atoms with Crippen LogP contribution < -0.4 is 20.7 Å². The molecule has 2 aliphatic heterocycles. The molecule has 5 rings (SSSR count). The Morgan fingerprint density at radius 2 is 2.18 bits per heavy atom. The largest absolute Gasteiger partial charge is 0.485 e. The van der Waals surface area contributed by atoms with E-state index in [1.807, 2.05) is 25.3 Å². The highest BCUT2D eigenvalue weighted by atomic mass is 16.6. The number of aryl methyl sites for hydroxylation is 1. The summed E-state index contributed by atoms with van der Waals surface area (Å²) >= 11 is 0. The molecule has 4 heterocycles. The van der Waals surface area contributed by atoms with Crippen LogP contribution in [0.2, 0.25) is 0 Å². The Hall–Kier alpha value is -3.21. The molecule has 0 bridgehead atoms. The van der Waals surface area contributed by atoms with Crippen LogP contribution in [0, 0.1) is 12.3 Å². The van der Waals surface area contributed by atoms with Crippen molar-refractivity contribution in [2.45, 2.75) is 32.0 Å². The summed E-state index contributed by atoms with van der Waals surface area (Å²) in [6.07, 6.45) is 3.66. The predicted octanol–water partition coefficient (Wildman–Crippen LogP) is 1.59. The molecule has 1 amide bonds. The molecule has 0 radical (unpaired) electrons. The van der Waals surface area contributed by atoms with Crippen LogP contribution in [-0.4, -0.2) is 71.0 Å². The highest BCUT2D eigenvalue weighted by Crippen LogP contribution is 2.36. The van der Waals surface area contributed by atoms with Crippen molar-refractivity contribution < 1.29 is 19.4 Å². The van der Waals surface area contributed by atoms with Crippen molar-refractivity contribution in [1.29, 1.82) is 0 Å². The number of nitrogens with one attached hydrogen (secondary N) is 2. The third kappa shape index (κ3) is 4.20. The maximum absolute atomic E-state index is 13.4. The maximum atomic E-state index is 13.4. The highest BCUT2D eigenvalue weighted by molar-refractivity contribution is 5.96. The molecule has 0 aliphatic carbocycles. The average molecular weight is 467 g/mol. The molecular weight excluding hydrogens is 436 g/mol. The third-order valence-corrected chi connectivity index (χ3v) is 6.92. The molecule has 10 heteroatoms. The van der Waals surface area contributed by atoms with Gasteiger partial charge in [-0.1, -0.05) is 6.07 Å². The van der Waals surface area contributed by atoms with E-state index in [1.54, 1.807) is 18.5 Å². The van der Waals surface area contributed by atoms with Gasteiger partial charge in [-0.05, 0) is 37.5 Å². The lowest BCUT2D eigenvalue weighted by molar-refractivity contribution is -0.126. The Balaban J connectivity index is 1.27. The minimum atomic E-state index is -0.664. The van der Waals surface area contributed by atoms with Gasteiger partial charge in [0.05, 0.1) is 24.0 Å². The smallest absolute Gasteiger partial charge is 0.232 e. The van der Waals surface area contributed by atoms with Crippen LogP contribution in [0.5, 0.6) is 5.75 Å². The number of anilines is 2. The summed E-state index contributed by atoms with van der Waals surface area (Å²) in [5.74, 6) is 1.36. The van der Waals surface area contributed by atoms with Crippen molar-refractivity contribution in [3.63, 3.8) is 0 Å². The molecule has 2 saturated heterocycles. The minimum Gasteiger partial charge on any atom is -0.485 e. The van der Waals surface area contributed by atoms with E-state index < -0.39 is 17.6 Å². The van der Waals surface area contributed by atoms with Crippen molar-refractivity contribution in [1.82, 2.24) is 15.0 Å². The number of nitrogens with two attached hydrogens (primary N) is 1. The number of hydrogen-bond donors (Lipinski definition) is 4. The number of nitrogens with zero attached hydrogens (tertiary/aromatic N) is 3. The fourth-order valence-electron chi connectivity index (χ4n) is 4.73. The lowest BCUT2D eigenvalue weighted by atomic mass is 9.77. The molecule has 1 aromatic carbocycles. The van der Waals surface area contributed by atoms with Crippen LogP contribution in [0.1, 0.15) is 18.4 Å². The zero-order chi connectivity index (χ0) is 23.7. The van der Waals surface area contributed by atoms with Crippen LogP contribution in [0.4, 0.5) is 11.5 Å². The van der Waals surface area contributed by atoms with Gasteiger partial charge in [-0.2, -0.15) is 0 Å². The van der Waals surface area contributed by atoms with E-state index in [4.69, 9.17) is 15.2 Å². The number of piperidine rings is 1. The van der Waals surface area contributed by atoms with Gasteiger partial charge < -0.3 is 35.5 Å². The Labute approximate surface area is 197 Å². The van der Waals surface area contributed by atoms with Gasteiger partial charge in [0.15, 0.2) is 0 Å². The second-order valence-electron chi connectivity index (χ2n) is 9.11. The zero-order valence-electron chi connectivity index (χ0n) is 19.2. The number of aliphatic hydroxyl groups excluding tert-OH is 1. The predicted molar refractivity (Wildman–Crippen MR) is 128 cm³/mol. The summed E-state index contributed by atoms with van der Waals surface area (Å²) in [6, 6.07) is 7.18. The van der Waals surface area contributed by atoms with E-state index in [2.05, 4.69) is 25.2 Å². The summed E-state index contributed by atoms with van der Waals surface area (Å²) in [4.78, 5) is 27.6. The number of H-pyrrole nitrogens is 1. The van der Waals surface area contributed by atoms with Gasteiger partial charge in [-0.25, -0.2) is 9.97 Å². The second kappa shape index (κ2) is 9.21. The first-order valence-electron chi connectivity index (χ1n) is 11.6. The standard InChI is InChI=1S/C24H30N6O4/c1-15-10-26-21-20(15)22(28-14-27-21)30-7-5-24(13-25,6-8-30)23(32)29-16-3-2-4-17(9-16)34-19-12-33-11-18(19)31/h2-4,9-10,14,18-19,31H,5-8,11-13,25H2,1H3,(H,29,32)(H,26,27,28)/t18-,19-/m1/s1. The van der Waals surface area contributed by atoms with Gasteiger partial charge in [0.25, 0.3) is 0 Å². The Kier molecular flexibility index (Phi) is 6.11. The zero-order valence-corrected chi connectivity index (χ0v) is 19.2. The van der Waals surface area contributed by atoms with Crippen molar-refractivity contribution in [3.05, 3.63) is 42.4 Å². The monoisotopic (exact) mass is 466 g/mol. The molecule has 2 atom stereocenters. The van der Waals surface area contributed by atoms with Crippen LogP contribution in [0.25, 0.3) is 11.0 Å². The number of aromatic amines is 1. The van der Waals surface area contributed by atoms with Crippen LogP contribution in [-0.2, 0) is 9.53 Å². The summed E-state index contributed by atoms with van der Waals surface area (Å²) in [5.41, 5.74) is 8.03. The van der Waals surface area contributed by atoms with Crippen molar-refractivity contribution in [2.75, 3.05) is 43.1 Å². The molecular formula is C24H30N6O4. The number of amides is 1. The highest BCUT2D eigenvalue weighted by Gasteiger charge is 2.41. The number of aromatic nitrogens is 3. The molecule has 0 saturated carbocycles. The molecule has 34 heavy (non-hydrogen) atoms. The number of benzene rings is 1. The molecule has 0 unspecified atom stereocenters. The lowest BCUT2D eigenvalue weighted by Crippen LogP contribution is -2.50. The summed E-state index contributed by atoms with van der Waals surface area (Å²) < 4.78 is 11.1. The van der Waals surface area contributed by atoms with Crippen molar-refractivity contribution >= 4 is 28.4 Å². The Morgan fingerprint density at radius 3 is 2.91 bits per heavy atom. The Morgan fingerprint density at radius 1 is 1.35 bits per heavy atom. The number of carbonyl (C=O) groups is 1. The summed E-state index contributed by atoms with van der Waals surface area (Å²) in [7, 11) is 0. The van der Waals surface area contributed by atoms with Gasteiger partial charge in [0.2, 0.25) is 5.91 Å². The maximum Gasteiger partial charge on any atom is 0.232 e. The fourth-order valence-corrected chi connectivity index (χ4v) is 4.73. The van der Waals surface area contributed by atoms with Gasteiger partial charge in [-0.15, -0.1) is 0 Å². The van der Waals surface area contributed by atoms with E-state index in [0.717, 1.165) is 22.4 Å². The normalized spacial score (nSPS) is 22.1. The molecule has 2 fully saturated rings. The van der Waals surface area contributed by atoms with Crippen molar-refractivity contribution in [3.8, 4) is 5.75 Å². The number of hydrogen-bond acceptors (Lipinski definition) is 8. The number of ether oxygens (including phenoxy) is 2. The second-order valence-corrected chi connectivity index (χ2v) is 9.11. The lowest BCUT2D eigenvalue weighted by Gasteiger charge is -2.40. The van der Waals surface area contributed by atoms with Crippen LogP contribution >= 0.6 is 0 Å². The topological polar surface area (TPSA) is 139 Å². The number of rotatable bonds is 6. The third-order valence-electron chi connectivity index (χ3n) is 6.92. The first-order valence-corrected chi connectivity index (χ1v) is 11.6. The first kappa shape index (κ1) is 22.6. The molecule has 180 valence electrons. The van der Waals surface area contributed by atoms with E-state index in [0.29, 0.717) is 44.0 Å². The number of aliphatic hydroxyl groups is 1. The molecule has 2 aliphatic rings. The van der Waals surface area contributed by atoms with Gasteiger partial charge in [0, 0.05) is 37.6 Å². The molecule has 10 nitrogen and oxygen atoms in total. The minimum absolute atomic E-state index is 0.0957. The molecule has 0 spiro atoms. The van der Waals surface area contributed by atoms with E-state index in [1.165, 1.54) is 0 Å². The summed E-state index contributed by atoms with van der Waals surface area (Å²) in [5, 5.41) is 14.0. The van der Waals surface area contributed by atoms with Gasteiger partial charge >= 0.3 is 0 Å². The average Bonchev–Trinajstić information content (AvgIpc) is 3.44.